The summed E-state index contributed by atoms with van der Waals surface area (Å²) in [5.41, 5.74) is 1.32. The van der Waals surface area contributed by atoms with Crippen LogP contribution in [0.25, 0.3) is 11.0 Å². The molecule has 136 valence electrons. The van der Waals surface area contributed by atoms with Gasteiger partial charge < -0.3 is 0 Å². The average molecular weight is 382 g/mol. The van der Waals surface area contributed by atoms with Crippen LogP contribution in [-0.4, -0.2) is 34.4 Å². The minimum Gasteiger partial charge on any atom is -0.261 e. The summed E-state index contributed by atoms with van der Waals surface area (Å²) in [5, 5.41) is 7.52. The number of nitrogens with one attached hydrogen (secondary N) is 1. The lowest BCUT2D eigenvalue weighted by atomic mass is 10.0. The van der Waals surface area contributed by atoms with Crippen molar-refractivity contribution in [2.45, 2.75) is 24.0 Å². The minimum absolute atomic E-state index is 0.0576. The van der Waals surface area contributed by atoms with Crippen LogP contribution in [0.2, 0.25) is 0 Å². The molecule has 0 saturated heterocycles. The molecule has 1 aromatic carbocycles. The highest BCUT2D eigenvalue weighted by molar-refractivity contribution is 7.89. The van der Waals surface area contributed by atoms with Crippen molar-refractivity contribution in [2.75, 3.05) is 6.54 Å². The highest BCUT2D eigenvalue weighted by Crippen LogP contribution is 2.32. The van der Waals surface area contributed by atoms with Gasteiger partial charge in [-0.05, 0) is 35.7 Å². The van der Waals surface area contributed by atoms with Gasteiger partial charge in [0, 0.05) is 24.7 Å². The van der Waals surface area contributed by atoms with Crippen LogP contribution in [-0.2, 0) is 29.2 Å². The number of H-pyrrole nitrogens is 1. The Kier molecular flexibility index (Phi) is 3.77. The number of hydrogen-bond acceptors (Lipinski definition) is 4. The lowest BCUT2D eigenvalue weighted by Crippen LogP contribution is -2.36. The first kappa shape index (κ1) is 17.0. The fourth-order valence-electron chi connectivity index (χ4n) is 3.12. The molecular formula is C16H13F3N4O2S. The summed E-state index contributed by atoms with van der Waals surface area (Å²) in [4.78, 5) is 3.83. The van der Waals surface area contributed by atoms with Crippen LogP contribution in [0.3, 0.4) is 0 Å². The van der Waals surface area contributed by atoms with Gasteiger partial charge in [0.15, 0.2) is 5.65 Å². The molecule has 0 atom stereocenters. The van der Waals surface area contributed by atoms with E-state index in [2.05, 4.69) is 15.2 Å². The highest BCUT2D eigenvalue weighted by Gasteiger charge is 2.34. The summed E-state index contributed by atoms with van der Waals surface area (Å²) in [7, 11) is -4.05. The first-order valence-corrected chi connectivity index (χ1v) is 9.18. The van der Waals surface area contributed by atoms with Gasteiger partial charge in [-0.2, -0.15) is 22.6 Å². The molecule has 0 aliphatic carbocycles. The van der Waals surface area contributed by atoms with Gasteiger partial charge >= 0.3 is 6.18 Å². The van der Waals surface area contributed by atoms with E-state index >= 15 is 0 Å². The Morgan fingerprint density at radius 3 is 2.77 bits per heavy atom. The summed E-state index contributed by atoms with van der Waals surface area (Å²) in [5.74, 6) is 0. The highest BCUT2D eigenvalue weighted by atomic mass is 32.2. The van der Waals surface area contributed by atoms with E-state index < -0.39 is 21.8 Å². The molecule has 0 radical (unpaired) electrons. The fourth-order valence-corrected chi connectivity index (χ4v) is 4.58. The Bertz CT molecular complexity index is 1090. The van der Waals surface area contributed by atoms with E-state index in [1.54, 1.807) is 12.4 Å². The summed E-state index contributed by atoms with van der Waals surface area (Å²) in [6.45, 7) is 0.234. The van der Waals surface area contributed by atoms with Crippen LogP contribution in [0.1, 0.15) is 16.7 Å². The molecule has 6 nitrogen and oxygen atoms in total. The molecule has 1 N–H and O–H groups in total. The quantitative estimate of drug-likeness (QED) is 0.739. The SMILES string of the molecule is O=S(=O)(c1cccc(C(F)(F)F)c1)N1CCc2c(cnc3[nH]ncc23)C1. The van der Waals surface area contributed by atoms with Crippen molar-refractivity contribution in [3.8, 4) is 0 Å². The van der Waals surface area contributed by atoms with Crippen molar-refractivity contribution in [3.05, 3.63) is 53.3 Å². The number of benzene rings is 1. The maximum Gasteiger partial charge on any atom is 0.416 e. The second-order valence-corrected chi connectivity index (χ2v) is 7.95. The molecule has 2 aromatic heterocycles. The van der Waals surface area contributed by atoms with Crippen molar-refractivity contribution in [2.24, 2.45) is 0 Å². The average Bonchev–Trinajstić information content (AvgIpc) is 3.09. The Labute approximate surface area is 146 Å². The van der Waals surface area contributed by atoms with Crippen molar-refractivity contribution in [1.82, 2.24) is 19.5 Å². The predicted octanol–water partition coefficient (Wildman–Crippen LogP) is 2.72. The van der Waals surface area contributed by atoms with E-state index in [0.717, 1.165) is 28.6 Å². The van der Waals surface area contributed by atoms with E-state index in [1.807, 2.05) is 0 Å². The van der Waals surface area contributed by atoms with Gasteiger partial charge in [0.25, 0.3) is 0 Å². The standard InChI is InChI=1S/C16H13F3N4O2S/c17-16(18,19)11-2-1-3-12(6-11)26(24,25)23-5-4-13-10(9-23)7-20-15-14(13)8-21-22-15/h1-3,6-8H,4-5,9H2,(H,20,21,22). The topological polar surface area (TPSA) is 79.0 Å². The molecule has 3 aromatic rings. The Balaban J connectivity index is 1.70. The molecular weight excluding hydrogens is 369 g/mol. The van der Waals surface area contributed by atoms with Crippen molar-refractivity contribution in [3.63, 3.8) is 0 Å². The van der Waals surface area contributed by atoms with E-state index in [-0.39, 0.29) is 18.0 Å². The monoisotopic (exact) mass is 382 g/mol. The zero-order chi connectivity index (χ0) is 18.5. The summed E-state index contributed by atoms with van der Waals surface area (Å²) < 4.78 is 65.5. The minimum atomic E-state index is -4.60. The molecule has 0 unspecified atom stereocenters. The fraction of sp³-hybridized carbons (Fsp3) is 0.250. The van der Waals surface area contributed by atoms with Gasteiger partial charge in [-0.15, -0.1) is 0 Å². The first-order valence-electron chi connectivity index (χ1n) is 7.74. The molecule has 3 heterocycles. The predicted molar refractivity (Wildman–Crippen MR) is 86.6 cm³/mol. The lowest BCUT2D eigenvalue weighted by Gasteiger charge is -2.28. The Morgan fingerprint density at radius 1 is 1.19 bits per heavy atom. The molecule has 10 heteroatoms. The maximum absolute atomic E-state index is 12.9. The van der Waals surface area contributed by atoms with Gasteiger partial charge in [-0.25, -0.2) is 13.4 Å². The van der Waals surface area contributed by atoms with Crippen LogP contribution in [0.5, 0.6) is 0 Å². The number of alkyl halides is 3. The number of halogens is 3. The van der Waals surface area contributed by atoms with E-state index in [4.69, 9.17) is 0 Å². The first-order chi connectivity index (χ1) is 12.3. The smallest absolute Gasteiger partial charge is 0.261 e. The van der Waals surface area contributed by atoms with Gasteiger partial charge in [0.1, 0.15) is 0 Å². The van der Waals surface area contributed by atoms with Crippen molar-refractivity contribution >= 4 is 21.1 Å². The van der Waals surface area contributed by atoms with Crippen molar-refractivity contribution in [1.29, 1.82) is 0 Å². The number of pyridine rings is 1. The second kappa shape index (κ2) is 5.78. The van der Waals surface area contributed by atoms with Gasteiger partial charge in [0.2, 0.25) is 10.0 Å². The van der Waals surface area contributed by atoms with E-state index in [9.17, 15) is 21.6 Å². The van der Waals surface area contributed by atoms with Crippen LogP contribution in [0, 0.1) is 0 Å². The zero-order valence-corrected chi connectivity index (χ0v) is 14.1. The Morgan fingerprint density at radius 2 is 2.00 bits per heavy atom. The number of aromatic nitrogens is 3. The molecule has 0 spiro atoms. The van der Waals surface area contributed by atoms with Crippen molar-refractivity contribution < 1.29 is 21.6 Å². The number of fused-ring (bicyclic) bond motifs is 3. The number of nitrogens with zero attached hydrogens (tertiary/aromatic N) is 3. The summed E-state index contributed by atoms with van der Waals surface area (Å²) in [6.07, 6.45) is -0.954. The van der Waals surface area contributed by atoms with Gasteiger partial charge in [-0.1, -0.05) is 6.07 Å². The third kappa shape index (κ3) is 2.74. The summed E-state index contributed by atoms with van der Waals surface area (Å²) in [6, 6.07) is 3.80. The molecule has 0 saturated carbocycles. The van der Waals surface area contributed by atoms with Crippen LogP contribution in [0.15, 0.2) is 41.6 Å². The lowest BCUT2D eigenvalue weighted by molar-refractivity contribution is -0.137. The van der Waals surface area contributed by atoms with Crippen LogP contribution >= 0.6 is 0 Å². The molecule has 0 bridgehead atoms. The second-order valence-electron chi connectivity index (χ2n) is 6.01. The molecule has 1 aliphatic rings. The Hall–Kier alpha value is -2.46. The number of aromatic amines is 1. The van der Waals surface area contributed by atoms with E-state index in [0.29, 0.717) is 18.1 Å². The number of rotatable bonds is 2. The molecule has 4 rings (SSSR count). The molecule has 1 aliphatic heterocycles. The van der Waals surface area contributed by atoms with Crippen LogP contribution in [0.4, 0.5) is 13.2 Å². The normalized spacial score (nSPS) is 16.0. The summed E-state index contributed by atoms with van der Waals surface area (Å²) >= 11 is 0. The third-order valence-corrected chi connectivity index (χ3v) is 6.28. The molecule has 0 amide bonds. The molecule has 0 fully saturated rings. The number of sulfonamides is 1. The van der Waals surface area contributed by atoms with Gasteiger partial charge in [-0.3, -0.25) is 5.10 Å². The van der Waals surface area contributed by atoms with Crippen LogP contribution < -0.4 is 0 Å². The largest absolute Gasteiger partial charge is 0.416 e. The van der Waals surface area contributed by atoms with E-state index in [1.165, 1.54) is 10.4 Å². The molecule has 26 heavy (non-hydrogen) atoms. The maximum atomic E-state index is 12.9. The third-order valence-electron chi connectivity index (χ3n) is 4.44. The van der Waals surface area contributed by atoms with Gasteiger partial charge in [0.05, 0.1) is 16.7 Å². The zero-order valence-electron chi connectivity index (χ0n) is 13.3. The number of hydrogen-bond donors (Lipinski definition) is 1.